The van der Waals surface area contributed by atoms with Crippen molar-refractivity contribution in [2.75, 3.05) is 13.2 Å². The van der Waals surface area contributed by atoms with Crippen molar-refractivity contribution in [2.45, 2.75) is 19.3 Å². The highest BCUT2D eigenvalue weighted by molar-refractivity contribution is 5.32. The van der Waals surface area contributed by atoms with Crippen molar-refractivity contribution < 1.29 is 9.90 Å². The molecule has 0 fully saturated rings. The molecule has 9 heavy (non-hydrogen) atoms. The number of carbonyl (C=O) groups excluding carboxylic acids is 1. The first-order valence-corrected chi connectivity index (χ1v) is 3.06. The molecular formula is C6H11NO2. The molecule has 0 aromatic heterocycles. The van der Waals surface area contributed by atoms with Crippen molar-refractivity contribution in [1.82, 2.24) is 0 Å². The van der Waals surface area contributed by atoms with Crippen LogP contribution in [0.3, 0.4) is 0 Å². The van der Waals surface area contributed by atoms with Gasteiger partial charge in [-0.1, -0.05) is 0 Å². The van der Waals surface area contributed by atoms with E-state index in [2.05, 4.69) is 4.99 Å². The predicted molar refractivity (Wildman–Crippen MR) is 33.9 cm³/mol. The molecule has 0 unspecified atom stereocenters. The molecule has 0 amide bonds. The highest BCUT2D eigenvalue weighted by atomic mass is 16.2. The first-order chi connectivity index (χ1) is 4.41. The lowest BCUT2D eigenvalue weighted by Gasteiger charge is -1.90. The first kappa shape index (κ1) is 8.34. The highest BCUT2D eigenvalue weighted by Crippen LogP contribution is 1.92. The largest absolute Gasteiger partial charge is 0.396 e. The second kappa shape index (κ2) is 7.34. The van der Waals surface area contributed by atoms with Gasteiger partial charge in [-0.3, -0.25) is 0 Å². The standard InChI is InChI=1S/C6H11NO2/c8-5-3-1-2-4-7-6-9/h8H,1-5H2. The zero-order valence-electron chi connectivity index (χ0n) is 5.34. The van der Waals surface area contributed by atoms with Crippen LogP contribution >= 0.6 is 0 Å². The molecule has 52 valence electrons. The van der Waals surface area contributed by atoms with E-state index in [-0.39, 0.29) is 6.61 Å². The van der Waals surface area contributed by atoms with Crippen LogP contribution < -0.4 is 0 Å². The topological polar surface area (TPSA) is 49.7 Å². The summed E-state index contributed by atoms with van der Waals surface area (Å²) in [6.45, 7) is 0.772. The van der Waals surface area contributed by atoms with Gasteiger partial charge in [0.25, 0.3) is 0 Å². The van der Waals surface area contributed by atoms with Crippen LogP contribution in [-0.2, 0) is 4.79 Å². The summed E-state index contributed by atoms with van der Waals surface area (Å²) in [5, 5.41) is 8.31. The van der Waals surface area contributed by atoms with E-state index < -0.39 is 0 Å². The van der Waals surface area contributed by atoms with Gasteiger partial charge >= 0.3 is 0 Å². The number of aliphatic hydroxyl groups is 1. The van der Waals surface area contributed by atoms with Gasteiger partial charge in [-0.2, -0.15) is 0 Å². The summed E-state index contributed by atoms with van der Waals surface area (Å²) in [7, 11) is 0. The Morgan fingerprint density at radius 1 is 1.33 bits per heavy atom. The maximum Gasteiger partial charge on any atom is 0.234 e. The van der Waals surface area contributed by atoms with Gasteiger partial charge in [-0.25, -0.2) is 9.79 Å². The predicted octanol–water partition coefficient (Wildman–Crippen LogP) is 0.485. The summed E-state index contributed by atoms with van der Waals surface area (Å²) in [6, 6.07) is 0. The van der Waals surface area contributed by atoms with Gasteiger partial charge in [0.15, 0.2) is 0 Å². The van der Waals surface area contributed by atoms with Crippen LogP contribution in [-0.4, -0.2) is 24.3 Å². The smallest absolute Gasteiger partial charge is 0.234 e. The molecule has 0 aromatic rings. The molecule has 1 N–H and O–H groups in total. The number of rotatable bonds is 5. The Hall–Kier alpha value is -0.660. The molecule has 0 saturated carbocycles. The minimum absolute atomic E-state index is 0.227. The van der Waals surface area contributed by atoms with E-state index in [0.29, 0.717) is 6.54 Å². The van der Waals surface area contributed by atoms with E-state index in [1.165, 1.54) is 6.08 Å². The monoisotopic (exact) mass is 129 g/mol. The summed E-state index contributed by atoms with van der Waals surface area (Å²) in [5.74, 6) is 0. The van der Waals surface area contributed by atoms with Gasteiger partial charge < -0.3 is 5.11 Å². The summed E-state index contributed by atoms with van der Waals surface area (Å²) >= 11 is 0. The van der Waals surface area contributed by atoms with Crippen molar-refractivity contribution >= 4 is 6.08 Å². The van der Waals surface area contributed by atoms with E-state index in [9.17, 15) is 4.79 Å². The summed E-state index contributed by atoms with van der Waals surface area (Å²) in [4.78, 5) is 12.9. The molecule has 0 aromatic carbocycles. The highest BCUT2D eigenvalue weighted by Gasteiger charge is 1.84. The normalized spacial score (nSPS) is 8.56. The summed E-state index contributed by atoms with van der Waals surface area (Å²) in [5.41, 5.74) is 0. The van der Waals surface area contributed by atoms with Gasteiger partial charge in [0.2, 0.25) is 6.08 Å². The molecule has 0 rings (SSSR count). The zero-order valence-corrected chi connectivity index (χ0v) is 5.34. The second-order valence-electron chi connectivity index (χ2n) is 1.76. The molecule has 0 spiro atoms. The molecule has 3 nitrogen and oxygen atoms in total. The van der Waals surface area contributed by atoms with Crippen molar-refractivity contribution in [3.63, 3.8) is 0 Å². The Morgan fingerprint density at radius 2 is 2.11 bits per heavy atom. The quantitative estimate of drug-likeness (QED) is 0.333. The van der Waals surface area contributed by atoms with Crippen molar-refractivity contribution in [3.8, 4) is 0 Å². The first-order valence-electron chi connectivity index (χ1n) is 3.06. The summed E-state index contributed by atoms with van der Waals surface area (Å²) in [6.07, 6.45) is 4.06. The van der Waals surface area contributed by atoms with Crippen molar-refractivity contribution in [1.29, 1.82) is 0 Å². The number of hydrogen-bond donors (Lipinski definition) is 1. The van der Waals surface area contributed by atoms with Crippen LogP contribution in [0.1, 0.15) is 19.3 Å². The Balaban J connectivity index is 2.82. The molecular weight excluding hydrogens is 118 g/mol. The molecule has 0 atom stereocenters. The van der Waals surface area contributed by atoms with Crippen LogP contribution in [0, 0.1) is 0 Å². The molecule has 0 bridgehead atoms. The second-order valence-corrected chi connectivity index (χ2v) is 1.76. The minimum atomic E-state index is 0.227. The third-order valence-corrected chi connectivity index (χ3v) is 0.993. The van der Waals surface area contributed by atoms with Crippen LogP contribution in [0.25, 0.3) is 0 Å². The molecule has 0 aliphatic carbocycles. The fourth-order valence-corrected chi connectivity index (χ4v) is 0.525. The van der Waals surface area contributed by atoms with Crippen LogP contribution in [0.5, 0.6) is 0 Å². The van der Waals surface area contributed by atoms with Gasteiger partial charge in [-0.05, 0) is 19.3 Å². The lowest BCUT2D eigenvalue weighted by Crippen LogP contribution is -1.84. The third kappa shape index (κ3) is 7.34. The van der Waals surface area contributed by atoms with E-state index in [1.807, 2.05) is 0 Å². The lowest BCUT2D eigenvalue weighted by molar-refractivity contribution is 0.283. The number of aliphatic hydroxyl groups excluding tert-OH is 1. The summed E-state index contributed by atoms with van der Waals surface area (Å²) < 4.78 is 0. The van der Waals surface area contributed by atoms with E-state index in [1.54, 1.807) is 0 Å². The molecule has 0 aliphatic heterocycles. The maximum absolute atomic E-state index is 9.50. The average Bonchev–Trinajstić information content (AvgIpc) is 1.89. The van der Waals surface area contributed by atoms with Crippen LogP contribution in [0.2, 0.25) is 0 Å². The van der Waals surface area contributed by atoms with E-state index in [4.69, 9.17) is 5.11 Å². The molecule has 0 radical (unpaired) electrons. The molecule has 0 saturated heterocycles. The van der Waals surface area contributed by atoms with E-state index >= 15 is 0 Å². The fourth-order valence-electron chi connectivity index (χ4n) is 0.525. The van der Waals surface area contributed by atoms with Gasteiger partial charge in [-0.15, -0.1) is 0 Å². The van der Waals surface area contributed by atoms with Gasteiger partial charge in [0.05, 0.1) is 6.54 Å². The van der Waals surface area contributed by atoms with Crippen molar-refractivity contribution in [3.05, 3.63) is 0 Å². The van der Waals surface area contributed by atoms with Crippen LogP contribution in [0.15, 0.2) is 4.99 Å². The Kier molecular flexibility index (Phi) is 6.80. The molecule has 0 heterocycles. The van der Waals surface area contributed by atoms with Gasteiger partial charge in [0, 0.05) is 6.61 Å². The third-order valence-electron chi connectivity index (χ3n) is 0.993. The van der Waals surface area contributed by atoms with Crippen LogP contribution in [0.4, 0.5) is 0 Å². The Bertz CT molecular complexity index is 97.2. The van der Waals surface area contributed by atoms with Gasteiger partial charge in [0.1, 0.15) is 0 Å². The Morgan fingerprint density at radius 3 is 2.67 bits per heavy atom. The average molecular weight is 129 g/mol. The zero-order chi connectivity index (χ0) is 6.95. The van der Waals surface area contributed by atoms with E-state index in [0.717, 1.165) is 19.3 Å². The fraction of sp³-hybridized carbons (Fsp3) is 0.833. The lowest BCUT2D eigenvalue weighted by atomic mass is 10.2. The van der Waals surface area contributed by atoms with Crippen molar-refractivity contribution in [2.24, 2.45) is 4.99 Å². The number of isocyanates is 1. The number of unbranched alkanes of at least 4 members (excludes halogenated alkanes) is 2. The SMILES string of the molecule is O=C=NCCCCCO. The molecule has 0 aliphatic rings. The maximum atomic E-state index is 9.50. The minimum Gasteiger partial charge on any atom is -0.396 e. The number of nitrogens with zero attached hydrogens (tertiary/aromatic N) is 1. The number of aliphatic imine (C=N–C) groups is 1. The molecule has 3 heteroatoms. The number of hydrogen-bond acceptors (Lipinski definition) is 3. The Labute approximate surface area is 54.4 Å².